The normalized spacial score (nSPS) is 10.9. The molecule has 4 heteroatoms. The fourth-order valence-corrected chi connectivity index (χ4v) is 2.56. The van der Waals surface area contributed by atoms with E-state index in [1.165, 1.54) is 12.1 Å². The molecule has 0 atom stereocenters. The number of hydrogen-bond donors (Lipinski definition) is 1. The molecule has 2 nitrogen and oxygen atoms in total. The summed E-state index contributed by atoms with van der Waals surface area (Å²) < 4.78 is 14.0. The molecule has 0 bridgehead atoms. The topological polar surface area (TPSA) is 32.9 Å². The number of carbonyl (C=O) groups is 1. The van der Waals surface area contributed by atoms with E-state index in [9.17, 15) is 9.18 Å². The predicted molar refractivity (Wildman–Crippen MR) is 77.9 cm³/mol. The molecular weight excluding hydrogens is 277 g/mol. The van der Waals surface area contributed by atoms with Crippen LogP contribution < -0.4 is 0 Å². The van der Waals surface area contributed by atoms with Crippen molar-refractivity contribution in [2.24, 2.45) is 0 Å². The van der Waals surface area contributed by atoms with Crippen molar-refractivity contribution in [2.45, 2.75) is 6.92 Å². The summed E-state index contributed by atoms with van der Waals surface area (Å²) in [7, 11) is 0. The molecule has 0 amide bonds. The number of carbonyl (C=O) groups excluding carboxylic acids is 1. The second-order valence-corrected chi connectivity index (χ2v) is 5.01. The van der Waals surface area contributed by atoms with E-state index in [0.29, 0.717) is 5.56 Å². The van der Waals surface area contributed by atoms with Crippen LogP contribution in [0.3, 0.4) is 0 Å². The van der Waals surface area contributed by atoms with E-state index in [1.807, 2.05) is 24.3 Å². The second kappa shape index (κ2) is 4.76. The Balaban J connectivity index is 2.23. The Labute approximate surface area is 120 Å². The fraction of sp³-hybridized carbons (Fsp3) is 0.0625. The molecule has 3 aromatic rings. The Morgan fingerprint density at radius 2 is 1.90 bits per heavy atom. The number of H-pyrrole nitrogens is 1. The number of aryl methyl sites for hydroxylation is 1. The molecule has 2 aromatic carbocycles. The number of ketones is 1. The molecule has 0 saturated carbocycles. The average Bonchev–Trinajstić information content (AvgIpc) is 2.77. The van der Waals surface area contributed by atoms with Crippen molar-refractivity contribution in [3.05, 3.63) is 70.1 Å². The zero-order valence-corrected chi connectivity index (χ0v) is 11.5. The lowest BCUT2D eigenvalue weighted by Gasteiger charge is -2.04. The third-order valence-corrected chi connectivity index (χ3v) is 3.61. The first-order valence-corrected chi connectivity index (χ1v) is 6.53. The SMILES string of the molecule is Cc1[nH]c2ccccc2c1C(=O)c1cccc(Cl)c1F. The van der Waals surface area contributed by atoms with E-state index >= 15 is 0 Å². The van der Waals surface area contributed by atoms with E-state index in [4.69, 9.17) is 11.6 Å². The number of fused-ring (bicyclic) bond motifs is 1. The first-order chi connectivity index (χ1) is 9.59. The Hall–Kier alpha value is -2.13. The van der Waals surface area contributed by atoms with Crippen LogP contribution >= 0.6 is 11.6 Å². The van der Waals surface area contributed by atoms with Crippen LogP contribution in [-0.4, -0.2) is 10.8 Å². The maximum atomic E-state index is 14.0. The zero-order chi connectivity index (χ0) is 14.3. The highest BCUT2D eigenvalue weighted by Gasteiger charge is 2.21. The smallest absolute Gasteiger partial charge is 0.198 e. The molecule has 0 fully saturated rings. The summed E-state index contributed by atoms with van der Waals surface area (Å²) in [4.78, 5) is 15.7. The molecule has 0 aliphatic rings. The fourth-order valence-electron chi connectivity index (χ4n) is 2.38. The Morgan fingerprint density at radius 3 is 2.70 bits per heavy atom. The second-order valence-electron chi connectivity index (χ2n) is 4.60. The van der Waals surface area contributed by atoms with Gasteiger partial charge in [-0.2, -0.15) is 0 Å². The molecule has 100 valence electrons. The van der Waals surface area contributed by atoms with Crippen LogP contribution in [0.15, 0.2) is 42.5 Å². The molecule has 0 spiro atoms. The van der Waals surface area contributed by atoms with Gasteiger partial charge in [0.15, 0.2) is 11.6 Å². The van der Waals surface area contributed by atoms with Gasteiger partial charge in [-0.05, 0) is 25.1 Å². The van der Waals surface area contributed by atoms with Crippen LogP contribution in [0.2, 0.25) is 5.02 Å². The highest BCUT2D eigenvalue weighted by molar-refractivity contribution is 6.31. The van der Waals surface area contributed by atoms with Crippen LogP contribution in [0.4, 0.5) is 4.39 Å². The Bertz CT molecular complexity index is 822. The van der Waals surface area contributed by atoms with Crippen LogP contribution in [0.5, 0.6) is 0 Å². The summed E-state index contributed by atoms with van der Waals surface area (Å²) in [5, 5.41) is 0.739. The van der Waals surface area contributed by atoms with Crippen LogP contribution in [0, 0.1) is 12.7 Å². The van der Waals surface area contributed by atoms with Gasteiger partial charge in [0, 0.05) is 16.6 Å². The largest absolute Gasteiger partial charge is 0.358 e. The Morgan fingerprint density at radius 1 is 1.15 bits per heavy atom. The summed E-state index contributed by atoms with van der Waals surface area (Å²) in [6.45, 7) is 1.80. The van der Waals surface area contributed by atoms with Crippen molar-refractivity contribution in [1.29, 1.82) is 0 Å². The first kappa shape index (κ1) is 12.9. The lowest BCUT2D eigenvalue weighted by atomic mass is 10.00. The number of nitrogens with one attached hydrogen (secondary N) is 1. The third kappa shape index (κ3) is 1.91. The van der Waals surface area contributed by atoms with Gasteiger partial charge < -0.3 is 4.98 Å². The van der Waals surface area contributed by atoms with Gasteiger partial charge in [0.05, 0.1) is 16.1 Å². The van der Waals surface area contributed by atoms with Crippen molar-refractivity contribution in [3.8, 4) is 0 Å². The maximum absolute atomic E-state index is 14.0. The van der Waals surface area contributed by atoms with Crippen LogP contribution in [0.1, 0.15) is 21.6 Å². The van der Waals surface area contributed by atoms with Gasteiger partial charge >= 0.3 is 0 Å². The highest BCUT2D eigenvalue weighted by atomic mass is 35.5. The van der Waals surface area contributed by atoms with Crippen molar-refractivity contribution in [2.75, 3.05) is 0 Å². The summed E-state index contributed by atoms with van der Waals surface area (Å²) in [6.07, 6.45) is 0. The quantitative estimate of drug-likeness (QED) is 0.692. The third-order valence-electron chi connectivity index (χ3n) is 3.32. The number of hydrogen-bond acceptors (Lipinski definition) is 1. The number of benzene rings is 2. The highest BCUT2D eigenvalue weighted by Crippen LogP contribution is 2.27. The monoisotopic (exact) mass is 287 g/mol. The minimum absolute atomic E-state index is 0.00893. The number of halogens is 2. The lowest BCUT2D eigenvalue weighted by Crippen LogP contribution is -2.05. The average molecular weight is 288 g/mol. The van der Waals surface area contributed by atoms with Gasteiger partial charge in [0.25, 0.3) is 0 Å². The van der Waals surface area contributed by atoms with Crippen LogP contribution in [-0.2, 0) is 0 Å². The van der Waals surface area contributed by atoms with Gasteiger partial charge in [-0.3, -0.25) is 4.79 Å². The molecule has 1 heterocycles. The van der Waals surface area contributed by atoms with Gasteiger partial charge in [-0.25, -0.2) is 4.39 Å². The zero-order valence-electron chi connectivity index (χ0n) is 10.7. The van der Waals surface area contributed by atoms with E-state index in [0.717, 1.165) is 16.6 Å². The number of aromatic amines is 1. The maximum Gasteiger partial charge on any atom is 0.198 e. The molecule has 0 radical (unpaired) electrons. The standard InChI is InChI=1S/C16H11ClFNO/c1-9-14(10-5-2-3-8-13(10)19-9)16(20)11-6-4-7-12(17)15(11)18/h2-8,19H,1H3. The number of aromatic nitrogens is 1. The molecule has 0 aliphatic carbocycles. The summed E-state index contributed by atoms with van der Waals surface area (Å²) in [5.41, 5.74) is 2.05. The first-order valence-electron chi connectivity index (χ1n) is 6.15. The molecule has 0 aliphatic heterocycles. The molecular formula is C16H11ClFNO. The number of para-hydroxylation sites is 1. The summed E-state index contributed by atoms with van der Waals surface area (Å²) in [6, 6.07) is 11.9. The molecule has 0 unspecified atom stereocenters. The van der Waals surface area contributed by atoms with Gasteiger partial charge in [-0.15, -0.1) is 0 Å². The van der Waals surface area contributed by atoms with Crippen molar-refractivity contribution >= 4 is 28.3 Å². The number of rotatable bonds is 2. The molecule has 3 rings (SSSR count). The predicted octanol–water partition coefficient (Wildman–Crippen LogP) is 4.50. The van der Waals surface area contributed by atoms with E-state index in [-0.39, 0.29) is 16.4 Å². The minimum atomic E-state index is -0.677. The van der Waals surface area contributed by atoms with Crippen LogP contribution in [0.25, 0.3) is 10.9 Å². The minimum Gasteiger partial charge on any atom is -0.358 e. The van der Waals surface area contributed by atoms with Crippen molar-refractivity contribution < 1.29 is 9.18 Å². The molecule has 0 saturated heterocycles. The van der Waals surface area contributed by atoms with Gasteiger partial charge in [-0.1, -0.05) is 35.9 Å². The molecule has 20 heavy (non-hydrogen) atoms. The molecule has 1 aromatic heterocycles. The summed E-state index contributed by atoms with van der Waals surface area (Å²) >= 11 is 5.74. The van der Waals surface area contributed by atoms with E-state index in [1.54, 1.807) is 13.0 Å². The molecule has 1 N–H and O–H groups in total. The van der Waals surface area contributed by atoms with E-state index in [2.05, 4.69) is 4.98 Å². The van der Waals surface area contributed by atoms with Gasteiger partial charge in [0.1, 0.15) is 0 Å². The summed E-state index contributed by atoms with van der Waals surface area (Å²) in [5.74, 6) is -1.04. The lowest BCUT2D eigenvalue weighted by molar-refractivity contribution is 0.103. The van der Waals surface area contributed by atoms with Gasteiger partial charge in [0.2, 0.25) is 0 Å². The van der Waals surface area contributed by atoms with E-state index < -0.39 is 5.82 Å². The van der Waals surface area contributed by atoms with Crippen molar-refractivity contribution in [1.82, 2.24) is 4.98 Å². The van der Waals surface area contributed by atoms with Crippen molar-refractivity contribution in [3.63, 3.8) is 0 Å². The Kier molecular flexibility index (Phi) is 3.07.